The number of amides is 1. The number of hydroxylamine groups is 1. The Morgan fingerprint density at radius 2 is 1.68 bits per heavy atom. The molecule has 9 nitrogen and oxygen atoms in total. The number of nitrogens with zero attached hydrogens (tertiary/aromatic N) is 3. The lowest BCUT2D eigenvalue weighted by Crippen LogP contribution is -2.38. The molecule has 0 bridgehead atoms. The molecule has 5 rings (SSSR count). The van der Waals surface area contributed by atoms with Gasteiger partial charge in [-0.2, -0.15) is 23.1 Å². The summed E-state index contributed by atoms with van der Waals surface area (Å²) in [4.78, 5) is 38.3. The summed E-state index contributed by atoms with van der Waals surface area (Å²) < 4.78 is 49.6. The Balaban J connectivity index is 1.39. The number of alkyl halides is 3. The van der Waals surface area contributed by atoms with Gasteiger partial charge in [0.1, 0.15) is 0 Å². The van der Waals surface area contributed by atoms with Crippen molar-refractivity contribution in [3.63, 3.8) is 0 Å². The first-order chi connectivity index (χ1) is 19.2. The molecular formula is C28H27F3N4O5. The maximum absolute atomic E-state index is 13.4. The lowest BCUT2D eigenvalue weighted by atomic mass is 10.1. The van der Waals surface area contributed by atoms with Crippen molar-refractivity contribution in [2.24, 2.45) is 5.92 Å². The van der Waals surface area contributed by atoms with Gasteiger partial charge in [0.25, 0.3) is 5.91 Å². The molecule has 2 fully saturated rings. The number of anilines is 1. The summed E-state index contributed by atoms with van der Waals surface area (Å²) in [6.07, 6.45) is -1.92. The van der Waals surface area contributed by atoms with Crippen LogP contribution in [0.1, 0.15) is 41.1 Å². The van der Waals surface area contributed by atoms with Gasteiger partial charge in [-0.25, -0.2) is 4.79 Å². The predicted molar refractivity (Wildman–Crippen MR) is 138 cm³/mol. The zero-order valence-electron chi connectivity index (χ0n) is 21.8. The van der Waals surface area contributed by atoms with Crippen LogP contribution in [-0.2, 0) is 9.63 Å². The first kappa shape index (κ1) is 27.4. The summed E-state index contributed by atoms with van der Waals surface area (Å²) in [6.45, 7) is 0.963. The molecule has 3 aromatic rings. The third-order valence-electron chi connectivity index (χ3n) is 6.77. The van der Waals surface area contributed by atoms with Crippen LogP contribution in [0.5, 0.6) is 11.8 Å². The van der Waals surface area contributed by atoms with E-state index in [9.17, 15) is 22.8 Å². The van der Waals surface area contributed by atoms with Crippen molar-refractivity contribution in [1.29, 1.82) is 0 Å². The standard InChI is InChI=1S/C28H27F3N4O5/c1-38-23-14-24(39-2)34-25(33-23)17-8-10-20(11-9-17)35(40-27(37)28(29,30)31)26(36)19-5-3-4-18(12-19)21-13-22(21)32-15-16-6-7-16/h3-5,8-12,14,16,21-22,32H,6-7,13,15H2,1-2H3. The van der Waals surface area contributed by atoms with Crippen LogP contribution in [0.3, 0.4) is 0 Å². The van der Waals surface area contributed by atoms with E-state index in [0.29, 0.717) is 16.7 Å². The van der Waals surface area contributed by atoms with Crippen molar-refractivity contribution in [3.8, 4) is 23.1 Å². The fourth-order valence-corrected chi connectivity index (χ4v) is 4.28. The van der Waals surface area contributed by atoms with E-state index < -0.39 is 18.1 Å². The summed E-state index contributed by atoms with van der Waals surface area (Å²) in [5.74, 6) is -1.81. The van der Waals surface area contributed by atoms with Crippen molar-refractivity contribution < 1.29 is 37.1 Å². The normalized spacial score (nSPS) is 18.1. The second-order valence-corrected chi connectivity index (χ2v) is 9.72. The van der Waals surface area contributed by atoms with Crippen LogP contribution in [0.2, 0.25) is 0 Å². The second-order valence-electron chi connectivity index (χ2n) is 9.72. The van der Waals surface area contributed by atoms with Crippen LogP contribution in [0.15, 0.2) is 54.6 Å². The van der Waals surface area contributed by atoms with E-state index in [1.165, 1.54) is 63.5 Å². The van der Waals surface area contributed by atoms with Gasteiger partial charge < -0.3 is 19.6 Å². The topological polar surface area (TPSA) is 103 Å². The van der Waals surface area contributed by atoms with Crippen molar-refractivity contribution in [2.45, 2.75) is 37.4 Å². The number of nitrogens with one attached hydrogen (secondary N) is 1. The van der Waals surface area contributed by atoms with Crippen molar-refractivity contribution in [3.05, 3.63) is 65.7 Å². The van der Waals surface area contributed by atoms with E-state index in [1.54, 1.807) is 12.1 Å². The van der Waals surface area contributed by atoms with Crippen LogP contribution in [0.25, 0.3) is 11.4 Å². The van der Waals surface area contributed by atoms with Crippen LogP contribution < -0.4 is 19.9 Å². The van der Waals surface area contributed by atoms with E-state index in [0.717, 1.165) is 24.4 Å². The number of hydrogen-bond donors (Lipinski definition) is 1. The van der Waals surface area contributed by atoms with Crippen molar-refractivity contribution in [2.75, 3.05) is 25.8 Å². The lowest BCUT2D eigenvalue weighted by molar-refractivity contribution is -0.199. The number of rotatable bonds is 9. The Morgan fingerprint density at radius 3 is 2.27 bits per heavy atom. The predicted octanol–water partition coefficient (Wildman–Crippen LogP) is 4.68. The average molecular weight is 557 g/mol. The van der Waals surface area contributed by atoms with Crippen LogP contribution in [-0.4, -0.2) is 54.8 Å². The quantitative estimate of drug-likeness (QED) is 0.379. The van der Waals surface area contributed by atoms with E-state index in [-0.39, 0.29) is 34.8 Å². The fraction of sp³-hybridized carbons (Fsp3) is 0.357. The molecular weight excluding hydrogens is 529 g/mol. The molecule has 210 valence electrons. The number of methoxy groups -OCH3 is 2. The second kappa shape index (κ2) is 11.1. The van der Waals surface area contributed by atoms with Gasteiger partial charge in [0.05, 0.1) is 26.0 Å². The minimum Gasteiger partial charge on any atom is -0.481 e. The molecule has 0 saturated heterocycles. The molecule has 40 heavy (non-hydrogen) atoms. The Morgan fingerprint density at radius 1 is 1.00 bits per heavy atom. The highest BCUT2D eigenvalue weighted by Crippen LogP contribution is 2.42. The average Bonchev–Trinajstić information content (AvgIpc) is 3.89. The van der Waals surface area contributed by atoms with Crippen LogP contribution in [0, 0.1) is 5.92 Å². The summed E-state index contributed by atoms with van der Waals surface area (Å²) >= 11 is 0. The molecule has 2 saturated carbocycles. The third-order valence-corrected chi connectivity index (χ3v) is 6.77. The van der Waals surface area contributed by atoms with Gasteiger partial charge in [-0.15, -0.1) is 5.06 Å². The number of ether oxygens (including phenoxy) is 2. The summed E-state index contributed by atoms with van der Waals surface area (Å²) in [5, 5.41) is 3.87. The highest BCUT2D eigenvalue weighted by atomic mass is 19.4. The molecule has 0 spiro atoms. The monoisotopic (exact) mass is 556 g/mol. The number of halogens is 3. The van der Waals surface area contributed by atoms with Gasteiger partial charge >= 0.3 is 12.1 Å². The van der Waals surface area contributed by atoms with Crippen molar-refractivity contribution in [1.82, 2.24) is 15.3 Å². The first-order valence-corrected chi connectivity index (χ1v) is 12.7. The minimum atomic E-state index is -5.31. The molecule has 1 amide bonds. The Hall–Kier alpha value is -4.19. The van der Waals surface area contributed by atoms with Gasteiger partial charge in [-0.1, -0.05) is 12.1 Å². The molecule has 0 aliphatic heterocycles. The summed E-state index contributed by atoms with van der Waals surface area (Å²) in [7, 11) is 2.85. The molecule has 2 aliphatic carbocycles. The Kier molecular flexibility index (Phi) is 7.61. The van der Waals surface area contributed by atoms with E-state index in [1.807, 2.05) is 6.07 Å². The highest BCUT2D eigenvalue weighted by molar-refractivity contribution is 6.06. The highest BCUT2D eigenvalue weighted by Gasteiger charge is 2.44. The SMILES string of the molecule is COc1cc(OC)nc(-c2ccc(N(OC(=O)C(F)(F)F)C(=O)c3cccc(C4CC4NCC4CC4)c3)cc2)n1. The fourth-order valence-electron chi connectivity index (χ4n) is 4.28. The number of carbonyl (C=O) groups is 2. The third kappa shape index (κ3) is 6.33. The van der Waals surface area contributed by atoms with Crippen molar-refractivity contribution >= 4 is 17.6 Å². The van der Waals surface area contributed by atoms with Gasteiger partial charge in [0, 0.05) is 23.1 Å². The lowest BCUT2D eigenvalue weighted by Gasteiger charge is -2.22. The Bertz CT molecular complexity index is 1370. The number of aromatic nitrogens is 2. The number of carbonyl (C=O) groups excluding carboxylic acids is 2. The van der Waals surface area contributed by atoms with Gasteiger partial charge in [-0.05, 0) is 73.7 Å². The molecule has 2 atom stereocenters. The molecule has 1 heterocycles. The van der Waals surface area contributed by atoms with Crippen LogP contribution in [0.4, 0.5) is 18.9 Å². The summed E-state index contributed by atoms with van der Waals surface area (Å²) in [6, 6.07) is 14.0. The minimum absolute atomic E-state index is 0.0882. The zero-order valence-corrected chi connectivity index (χ0v) is 21.8. The molecule has 0 radical (unpaired) electrons. The van der Waals surface area contributed by atoms with E-state index in [2.05, 4.69) is 20.1 Å². The zero-order chi connectivity index (χ0) is 28.4. The molecule has 1 N–H and O–H groups in total. The molecule has 2 unspecified atom stereocenters. The van der Waals surface area contributed by atoms with Gasteiger partial charge in [-0.3, -0.25) is 4.79 Å². The van der Waals surface area contributed by atoms with E-state index in [4.69, 9.17) is 9.47 Å². The largest absolute Gasteiger partial charge is 0.493 e. The Labute approximate surface area is 228 Å². The summed E-state index contributed by atoms with van der Waals surface area (Å²) in [5.41, 5.74) is 1.34. The number of benzene rings is 2. The van der Waals surface area contributed by atoms with Crippen LogP contribution >= 0.6 is 0 Å². The molecule has 2 aliphatic rings. The van der Waals surface area contributed by atoms with E-state index >= 15 is 0 Å². The van der Waals surface area contributed by atoms with Gasteiger partial charge in [0.2, 0.25) is 11.8 Å². The van der Waals surface area contributed by atoms with Gasteiger partial charge in [0.15, 0.2) is 5.82 Å². The maximum Gasteiger partial charge on any atom is 0.493 e. The maximum atomic E-state index is 13.4. The number of hydrogen-bond acceptors (Lipinski definition) is 8. The molecule has 12 heteroatoms. The molecule has 1 aromatic heterocycles. The smallest absolute Gasteiger partial charge is 0.481 e. The molecule has 2 aromatic carbocycles. The first-order valence-electron chi connectivity index (χ1n) is 12.7.